The standard InChI is InChI=1S/C21H26FN7O/c1-11(2)6-13(9-23)27-21-16(22)8-15(19(25)30)20(29-21)28-14-7-12-4-3-5-17(24)18(12)26-10-14/h3-5,7-8,10-11,13H,6,9,23-24H2,1-2H3,(H2,25,30)(H2,27,28,29)/t13-/m1/s1. The molecule has 30 heavy (non-hydrogen) atoms. The second kappa shape index (κ2) is 8.91. The van der Waals surface area contributed by atoms with Crippen LogP contribution in [-0.4, -0.2) is 28.5 Å². The van der Waals surface area contributed by atoms with E-state index in [0.717, 1.165) is 17.9 Å². The van der Waals surface area contributed by atoms with Gasteiger partial charge in [-0.25, -0.2) is 9.37 Å². The quantitative estimate of drug-likeness (QED) is 0.358. The third-order valence-corrected chi connectivity index (χ3v) is 4.63. The van der Waals surface area contributed by atoms with Gasteiger partial charge in [-0.2, -0.15) is 0 Å². The van der Waals surface area contributed by atoms with Crippen molar-refractivity contribution in [3.05, 3.63) is 47.9 Å². The molecular formula is C21H26FN7O. The normalized spacial score (nSPS) is 12.2. The zero-order valence-corrected chi connectivity index (χ0v) is 16.9. The number of nitrogen functional groups attached to an aromatic ring is 1. The van der Waals surface area contributed by atoms with E-state index in [-0.39, 0.29) is 23.2 Å². The highest BCUT2D eigenvalue weighted by atomic mass is 19.1. The molecule has 2 heterocycles. The first-order valence-electron chi connectivity index (χ1n) is 9.66. The van der Waals surface area contributed by atoms with Crippen LogP contribution in [0.2, 0.25) is 0 Å². The Hall–Kier alpha value is -3.46. The molecule has 0 fully saturated rings. The summed E-state index contributed by atoms with van der Waals surface area (Å²) in [6, 6.07) is 8.15. The van der Waals surface area contributed by atoms with Gasteiger partial charge in [-0.05, 0) is 30.5 Å². The molecule has 1 aromatic carbocycles. The van der Waals surface area contributed by atoms with Crippen LogP contribution in [0.15, 0.2) is 36.5 Å². The number of nitrogens with one attached hydrogen (secondary N) is 2. The minimum Gasteiger partial charge on any atom is -0.397 e. The van der Waals surface area contributed by atoms with Crippen LogP contribution in [0.1, 0.15) is 30.6 Å². The van der Waals surface area contributed by atoms with E-state index in [1.807, 2.05) is 18.2 Å². The van der Waals surface area contributed by atoms with Gasteiger partial charge in [0.25, 0.3) is 5.91 Å². The molecule has 1 atom stereocenters. The molecule has 9 heteroatoms. The van der Waals surface area contributed by atoms with Crippen molar-refractivity contribution < 1.29 is 9.18 Å². The Labute approximate surface area is 174 Å². The number of anilines is 4. The van der Waals surface area contributed by atoms with E-state index in [1.54, 1.807) is 12.3 Å². The van der Waals surface area contributed by atoms with Crippen LogP contribution in [0.25, 0.3) is 10.9 Å². The van der Waals surface area contributed by atoms with Crippen LogP contribution in [0, 0.1) is 11.7 Å². The molecule has 8 nitrogen and oxygen atoms in total. The van der Waals surface area contributed by atoms with E-state index in [1.165, 1.54) is 0 Å². The van der Waals surface area contributed by atoms with E-state index in [4.69, 9.17) is 17.2 Å². The maximum absolute atomic E-state index is 14.6. The molecule has 1 amide bonds. The van der Waals surface area contributed by atoms with Gasteiger partial charge in [0.05, 0.1) is 28.7 Å². The molecule has 0 saturated carbocycles. The number of primary amides is 1. The summed E-state index contributed by atoms with van der Waals surface area (Å²) >= 11 is 0. The van der Waals surface area contributed by atoms with Crippen LogP contribution in [-0.2, 0) is 0 Å². The summed E-state index contributed by atoms with van der Waals surface area (Å²) in [5.41, 5.74) is 18.9. The molecular weight excluding hydrogens is 385 g/mol. The van der Waals surface area contributed by atoms with Gasteiger partial charge in [-0.3, -0.25) is 9.78 Å². The van der Waals surface area contributed by atoms with Gasteiger partial charge in [0, 0.05) is 18.0 Å². The first kappa shape index (κ1) is 21.3. The number of para-hydroxylation sites is 1. The second-order valence-corrected chi connectivity index (χ2v) is 7.55. The van der Waals surface area contributed by atoms with Gasteiger partial charge in [-0.15, -0.1) is 0 Å². The third kappa shape index (κ3) is 4.74. The van der Waals surface area contributed by atoms with Crippen LogP contribution in [0.5, 0.6) is 0 Å². The fourth-order valence-corrected chi connectivity index (χ4v) is 3.24. The van der Waals surface area contributed by atoms with Crippen LogP contribution < -0.4 is 27.8 Å². The maximum Gasteiger partial charge on any atom is 0.252 e. The summed E-state index contributed by atoms with van der Waals surface area (Å²) in [7, 11) is 0. The summed E-state index contributed by atoms with van der Waals surface area (Å²) in [6.07, 6.45) is 2.30. The van der Waals surface area contributed by atoms with Gasteiger partial charge in [0.1, 0.15) is 5.82 Å². The number of pyridine rings is 2. The molecule has 3 rings (SSSR count). The van der Waals surface area contributed by atoms with Gasteiger partial charge < -0.3 is 27.8 Å². The topological polar surface area (TPSA) is 145 Å². The number of carbonyl (C=O) groups excluding carboxylic acids is 1. The first-order valence-corrected chi connectivity index (χ1v) is 9.66. The summed E-state index contributed by atoms with van der Waals surface area (Å²) in [6.45, 7) is 4.42. The first-order chi connectivity index (χ1) is 14.3. The van der Waals surface area contributed by atoms with Gasteiger partial charge in [-0.1, -0.05) is 26.0 Å². The van der Waals surface area contributed by atoms with E-state index in [9.17, 15) is 9.18 Å². The number of rotatable bonds is 8. The Bertz CT molecular complexity index is 1070. The lowest BCUT2D eigenvalue weighted by atomic mass is 10.0. The fourth-order valence-electron chi connectivity index (χ4n) is 3.24. The summed E-state index contributed by atoms with van der Waals surface area (Å²) in [4.78, 5) is 20.5. The van der Waals surface area contributed by atoms with Gasteiger partial charge >= 0.3 is 0 Å². The van der Waals surface area contributed by atoms with Crippen molar-refractivity contribution in [2.75, 3.05) is 22.9 Å². The van der Waals surface area contributed by atoms with Crippen LogP contribution >= 0.6 is 0 Å². The molecule has 158 valence electrons. The predicted octanol–water partition coefficient (Wildman–Crippen LogP) is 2.98. The Morgan fingerprint density at radius 1 is 1.23 bits per heavy atom. The average molecular weight is 411 g/mol. The predicted molar refractivity (Wildman–Crippen MR) is 118 cm³/mol. The number of benzene rings is 1. The van der Waals surface area contributed by atoms with Crippen molar-refractivity contribution in [2.45, 2.75) is 26.3 Å². The number of fused-ring (bicyclic) bond motifs is 1. The zero-order valence-electron chi connectivity index (χ0n) is 16.9. The summed E-state index contributed by atoms with van der Waals surface area (Å²) < 4.78 is 14.6. The number of hydrogen-bond acceptors (Lipinski definition) is 7. The van der Waals surface area contributed by atoms with Crippen molar-refractivity contribution in [3.8, 4) is 0 Å². The lowest BCUT2D eigenvalue weighted by molar-refractivity contribution is 0.100. The van der Waals surface area contributed by atoms with Gasteiger partial charge in [0.2, 0.25) is 0 Å². The maximum atomic E-state index is 14.6. The van der Waals surface area contributed by atoms with E-state index < -0.39 is 11.7 Å². The molecule has 0 saturated heterocycles. The second-order valence-electron chi connectivity index (χ2n) is 7.55. The van der Waals surface area contributed by atoms with Crippen LogP contribution in [0.3, 0.4) is 0 Å². The van der Waals surface area contributed by atoms with Crippen molar-refractivity contribution in [1.29, 1.82) is 0 Å². The minimum atomic E-state index is -0.800. The number of carbonyl (C=O) groups is 1. The molecule has 0 bridgehead atoms. The smallest absolute Gasteiger partial charge is 0.252 e. The molecule has 3 aromatic rings. The molecule has 0 spiro atoms. The average Bonchev–Trinajstić information content (AvgIpc) is 2.69. The molecule has 0 radical (unpaired) electrons. The molecule has 0 aliphatic heterocycles. The van der Waals surface area contributed by atoms with E-state index in [0.29, 0.717) is 29.4 Å². The lowest BCUT2D eigenvalue weighted by Gasteiger charge is -2.21. The van der Waals surface area contributed by atoms with Gasteiger partial charge in [0.15, 0.2) is 11.6 Å². The highest BCUT2D eigenvalue weighted by molar-refractivity contribution is 5.99. The van der Waals surface area contributed by atoms with Crippen molar-refractivity contribution >= 4 is 39.8 Å². The van der Waals surface area contributed by atoms with Crippen molar-refractivity contribution in [3.63, 3.8) is 0 Å². The minimum absolute atomic E-state index is 0.00315. The monoisotopic (exact) mass is 411 g/mol. The van der Waals surface area contributed by atoms with Crippen LogP contribution in [0.4, 0.5) is 27.4 Å². The number of halogens is 1. The zero-order chi connectivity index (χ0) is 21.8. The number of nitrogens with two attached hydrogens (primary N) is 3. The van der Waals surface area contributed by atoms with E-state index >= 15 is 0 Å². The Kier molecular flexibility index (Phi) is 6.31. The highest BCUT2D eigenvalue weighted by Gasteiger charge is 2.19. The SMILES string of the molecule is CC(C)C[C@H](CN)Nc1nc(Nc2cnc3c(N)cccc3c2)c(C(N)=O)cc1F. The Morgan fingerprint density at radius 3 is 2.67 bits per heavy atom. The van der Waals surface area contributed by atoms with Crippen molar-refractivity contribution in [2.24, 2.45) is 17.4 Å². The summed E-state index contributed by atoms with van der Waals surface area (Å²) in [5, 5.41) is 6.84. The van der Waals surface area contributed by atoms with Crippen molar-refractivity contribution in [1.82, 2.24) is 9.97 Å². The fraction of sp³-hybridized carbons (Fsp3) is 0.286. The lowest BCUT2D eigenvalue weighted by Crippen LogP contribution is -2.31. The number of nitrogens with zero attached hydrogens (tertiary/aromatic N) is 2. The molecule has 8 N–H and O–H groups in total. The number of aromatic nitrogens is 2. The Balaban J connectivity index is 1.97. The van der Waals surface area contributed by atoms with E-state index in [2.05, 4.69) is 34.4 Å². The third-order valence-electron chi connectivity index (χ3n) is 4.63. The highest BCUT2D eigenvalue weighted by Crippen LogP contribution is 2.27. The molecule has 2 aromatic heterocycles. The number of hydrogen-bond donors (Lipinski definition) is 5. The molecule has 0 aliphatic rings. The molecule has 0 unspecified atom stereocenters. The Morgan fingerprint density at radius 2 is 2.00 bits per heavy atom. The number of amides is 1. The molecule has 0 aliphatic carbocycles. The largest absolute Gasteiger partial charge is 0.397 e. The summed E-state index contributed by atoms with van der Waals surface area (Å²) in [5.74, 6) is -0.993.